The molecule has 85 heavy (non-hydrogen) atoms. The van der Waals surface area contributed by atoms with Crippen molar-refractivity contribution in [2.45, 2.75) is 367 Å². The number of hydrogen-bond donors (Lipinski definition) is 2. The van der Waals surface area contributed by atoms with Crippen LogP contribution in [0.15, 0.2) is 72.9 Å². The van der Waals surface area contributed by atoms with Crippen molar-refractivity contribution < 1.29 is 37.6 Å². The molecule has 10 heteroatoms. The highest BCUT2D eigenvalue weighted by atomic mass is 31.2. The number of esters is 2. The zero-order valence-electron chi connectivity index (χ0n) is 55.8. The summed E-state index contributed by atoms with van der Waals surface area (Å²) in [4.78, 5) is 35.4. The molecule has 9 nitrogen and oxygen atoms in total. The van der Waals surface area contributed by atoms with Crippen molar-refractivity contribution in [2.75, 3.05) is 26.4 Å². The molecule has 0 bridgehead atoms. The van der Waals surface area contributed by atoms with Crippen LogP contribution in [0.5, 0.6) is 0 Å². The predicted octanol–water partition coefficient (Wildman–Crippen LogP) is 24.0. The molecule has 0 rings (SSSR count). The third-order valence-corrected chi connectivity index (χ3v) is 17.0. The molecule has 0 fully saturated rings. The molecule has 0 amide bonds. The van der Waals surface area contributed by atoms with Gasteiger partial charge in [-0.3, -0.25) is 18.6 Å². The van der Waals surface area contributed by atoms with E-state index in [4.69, 9.17) is 24.3 Å². The van der Waals surface area contributed by atoms with Gasteiger partial charge in [0.05, 0.1) is 13.2 Å². The van der Waals surface area contributed by atoms with Gasteiger partial charge < -0.3 is 20.1 Å². The van der Waals surface area contributed by atoms with Crippen molar-refractivity contribution >= 4 is 19.8 Å². The molecule has 0 aliphatic heterocycles. The first-order chi connectivity index (χ1) is 41.8. The molecule has 0 aliphatic carbocycles. The molecule has 2 unspecified atom stereocenters. The van der Waals surface area contributed by atoms with E-state index in [1.165, 1.54) is 270 Å². The number of nitrogens with two attached hydrogens (primary N) is 1. The number of rotatable bonds is 69. The topological polar surface area (TPSA) is 134 Å². The first-order valence-electron chi connectivity index (χ1n) is 36.4. The number of carbonyl (C=O) groups is 2. The monoisotopic (exact) mass is 1210 g/mol. The summed E-state index contributed by atoms with van der Waals surface area (Å²) in [5, 5.41) is 0. The van der Waals surface area contributed by atoms with Crippen LogP contribution in [0.2, 0.25) is 0 Å². The summed E-state index contributed by atoms with van der Waals surface area (Å²) < 4.78 is 33.2. The standard InChI is InChI=1S/C75H138NO8P/c1-3-5-7-9-11-13-15-17-19-21-23-25-27-29-31-33-35-36-38-40-42-44-46-48-50-52-54-56-58-60-62-64-66-68-75(78)84-73(72-83-85(79,80)82-70-69-76)71-81-74(77)67-65-63-61-59-57-55-53-51-49-47-45-43-41-39-37-34-32-30-28-26-24-22-20-18-16-14-12-10-8-6-4-2/h15-18,21-24,27-30,73H,3-14,19-20,25-26,31-72,76H2,1-2H3,(H,79,80)/b17-15-,18-16-,23-21-,24-22-,29-27-,30-28-. The van der Waals surface area contributed by atoms with E-state index in [1.807, 2.05) is 0 Å². The van der Waals surface area contributed by atoms with Gasteiger partial charge in [0.1, 0.15) is 6.61 Å². The van der Waals surface area contributed by atoms with Crippen LogP contribution in [0.25, 0.3) is 0 Å². The highest BCUT2D eigenvalue weighted by molar-refractivity contribution is 7.47. The molecule has 0 radical (unpaired) electrons. The second kappa shape index (κ2) is 70.5. The van der Waals surface area contributed by atoms with E-state index in [1.54, 1.807) is 0 Å². The summed E-state index contributed by atoms with van der Waals surface area (Å²) in [5.74, 6) is -0.812. The molecule has 0 aliphatic rings. The lowest BCUT2D eigenvalue weighted by molar-refractivity contribution is -0.161. The molecule has 0 spiro atoms. The summed E-state index contributed by atoms with van der Waals surface area (Å²) >= 11 is 0. The summed E-state index contributed by atoms with van der Waals surface area (Å²) in [6.45, 7) is 3.77. The summed E-state index contributed by atoms with van der Waals surface area (Å²) in [7, 11) is -4.40. The Morgan fingerprint density at radius 1 is 0.353 bits per heavy atom. The van der Waals surface area contributed by atoms with Gasteiger partial charge in [-0.2, -0.15) is 0 Å². The fraction of sp³-hybridized carbons (Fsp3) is 0.813. The van der Waals surface area contributed by atoms with Gasteiger partial charge >= 0.3 is 19.8 Å². The molecule has 0 saturated carbocycles. The smallest absolute Gasteiger partial charge is 0.462 e. The van der Waals surface area contributed by atoms with E-state index in [0.29, 0.717) is 6.42 Å². The molecule has 2 atom stereocenters. The highest BCUT2D eigenvalue weighted by Gasteiger charge is 2.26. The minimum absolute atomic E-state index is 0.0533. The molecule has 0 aromatic carbocycles. The Hall–Kier alpha value is -2.55. The maximum atomic E-state index is 12.8. The van der Waals surface area contributed by atoms with E-state index < -0.39 is 26.5 Å². The van der Waals surface area contributed by atoms with Crippen molar-refractivity contribution in [1.82, 2.24) is 0 Å². The number of unbranched alkanes of at least 4 members (excludes halogenated alkanes) is 44. The fourth-order valence-electron chi connectivity index (χ4n) is 10.7. The Balaban J connectivity index is 3.84. The van der Waals surface area contributed by atoms with Gasteiger partial charge in [0.2, 0.25) is 0 Å². The number of allylic oxidation sites excluding steroid dienone is 12. The molecule has 3 N–H and O–H groups in total. The SMILES string of the molecule is CCCCCCC/C=C\C/C=C\C/C=C\CCCCCCCCCCCCCCCCCCCCC(=O)OC(COC(=O)CCCCCCCCCCCCCCCCCC/C=C\C/C=C\C/C=C\CCCCCCC)COP(=O)(O)OCCN. The van der Waals surface area contributed by atoms with Crippen LogP contribution in [0.4, 0.5) is 0 Å². The minimum Gasteiger partial charge on any atom is -0.462 e. The average Bonchev–Trinajstić information content (AvgIpc) is 3.52. The number of carbonyl (C=O) groups excluding carboxylic acids is 2. The molecule has 0 aromatic heterocycles. The number of hydrogen-bond acceptors (Lipinski definition) is 8. The van der Waals surface area contributed by atoms with Crippen molar-refractivity contribution in [2.24, 2.45) is 5.73 Å². The fourth-order valence-corrected chi connectivity index (χ4v) is 11.4. The van der Waals surface area contributed by atoms with Crippen LogP contribution < -0.4 is 5.73 Å². The lowest BCUT2D eigenvalue weighted by Crippen LogP contribution is -2.29. The minimum atomic E-state index is -4.40. The highest BCUT2D eigenvalue weighted by Crippen LogP contribution is 2.43. The van der Waals surface area contributed by atoms with Crippen LogP contribution >= 0.6 is 7.82 Å². The Labute approximate surface area is 526 Å². The third kappa shape index (κ3) is 70.4. The van der Waals surface area contributed by atoms with Gasteiger partial charge in [-0.15, -0.1) is 0 Å². The van der Waals surface area contributed by atoms with Crippen molar-refractivity contribution in [3.8, 4) is 0 Å². The van der Waals surface area contributed by atoms with Gasteiger partial charge in [-0.05, 0) is 89.9 Å². The van der Waals surface area contributed by atoms with Gasteiger partial charge in [0.25, 0.3) is 0 Å². The second-order valence-corrected chi connectivity index (χ2v) is 25.9. The molecule has 0 aromatic rings. The molecular weight excluding hydrogens is 1070 g/mol. The molecular formula is C75H138NO8P. The number of phosphoric ester groups is 1. The van der Waals surface area contributed by atoms with Crippen LogP contribution in [-0.4, -0.2) is 49.3 Å². The summed E-state index contributed by atoms with van der Waals surface area (Å²) in [6, 6.07) is 0. The maximum Gasteiger partial charge on any atom is 0.472 e. The average molecular weight is 1210 g/mol. The Bertz CT molecular complexity index is 1620. The predicted molar refractivity (Wildman–Crippen MR) is 367 cm³/mol. The van der Waals surface area contributed by atoms with E-state index >= 15 is 0 Å². The normalized spacial score (nSPS) is 13.3. The lowest BCUT2D eigenvalue weighted by atomic mass is 10.0. The summed E-state index contributed by atoms with van der Waals surface area (Å²) in [5.41, 5.74) is 5.41. The van der Waals surface area contributed by atoms with E-state index in [-0.39, 0.29) is 38.6 Å². The first-order valence-corrected chi connectivity index (χ1v) is 37.9. The Morgan fingerprint density at radius 2 is 0.612 bits per heavy atom. The molecule has 496 valence electrons. The van der Waals surface area contributed by atoms with Crippen molar-refractivity contribution in [3.63, 3.8) is 0 Å². The van der Waals surface area contributed by atoms with Gasteiger partial charge in [0, 0.05) is 19.4 Å². The maximum absolute atomic E-state index is 12.8. The van der Waals surface area contributed by atoms with E-state index in [2.05, 4.69) is 86.8 Å². The van der Waals surface area contributed by atoms with Crippen LogP contribution in [0.3, 0.4) is 0 Å². The molecule has 0 saturated heterocycles. The van der Waals surface area contributed by atoms with Crippen molar-refractivity contribution in [1.29, 1.82) is 0 Å². The Kier molecular flexibility index (Phi) is 68.4. The largest absolute Gasteiger partial charge is 0.472 e. The zero-order chi connectivity index (χ0) is 61.6. The van der Waals surface area contributed by atoms with Gasteiger partial charge in [0.15, 0.2) is 6.10 Å². The first kappa shape index (κ1) is 82.5. The van der Waals surface area contributed by atoms with Gasteiger partial charge in [-0.25, -0.2) is 4.57 Å². The summed E-state index contributed by atoms with van der Waals surface area (Å²) in [6.07, 6.45) is 92.9. The Morgan fingerprint density at radius 3 is 0.906 bits per heavy atom. The van der Waals surface area contributed by atoms with E-state index in [9.17, 15) is 19.0 Å². The lowest BCUT2D eigenvalue weighted by Gasteiger charge is -2.19. The molecule has 0 heterocycles. The van der Waals surface area contributed by atoms with Crippen LogP contribution in [-0.2, 0) is 32.7 Å². The van der Waals surface area contributed by atoms with Crippen molar-refractivity contribution in [3.05, 3.63) is 72.9 Å². The number of ether oxygens (including phenoxy) is 2. The van der Waals surface area contributed by atoms with Gasteiger partial charge in [-0.1, -0.05) is 331 Å². The number of phosphoric acid groups is 1. The van der Waals surface area contributed by atoms with Crippen LogP contribution in [0, 0.1) is 0 Å². The zero-order valence-corrected chi connectivity index (χ0v) is 56.7. The van der Waals surface area contributed by atoms with E-state index in [0.717, 1.165) is 57.8 Å². The second-order valence-electron chi connectivity index (χ2n) is 24.5. The van der Waals surface area contributed by atoms with Crippen LogP contribution in [0.1, 0.15) is 361 Å². The quantitative estimate of drug-likeness (QED) is 0.0264. The third-order valence-electron chi connectivity index (χ3n) is 16.1.